The highest BCUT2D eigenvalue weighted by atomic mass is 35.5. The number of benzene rings is 3. The Labute approximate surface area is 275 Å². The van der Waals surface area contributed by atoms with Crippen LogP contribution in [0.15, 0.2) is 84.4 Å². The number of hydrogen-bond acceptors (Lipinski definition) is 7. The Bertz CT molecular complexity index is 1780. The van der Waals surface area contributed by atoms with Crippen LogP contribution in [0.1, 0.15) is 36.8 Å². The van der Waals surface area contributed by atoms with Crippen LogP contribution in [0.5, 0.6) is 5.75 Å². The van der Waals surface area contributed by atoms with Gasteiger partial charge >= 0.3 is 0 Å². The molecule has 1 saturated carbocycles. The molecule has 242 valence electrons. The summed E-state index contributed by atoms with van der Waals surface area (Å²) in [4.78, 5) is 58.1. The molecule has 0 radical (unpaired) electrons. The van der Waals surface area contributed by atoms with Crippen molar-refractivity contribution in [2.45, 2.75) is 31.1 Å². The average molecular weight is 658 g/mol. The number of rotatable bonds is 8. The zero-order chi connectivity index (χ0) is 33.0. The molecule has 47 heavy (non-hydrogen) atoms. The molecule has 6 unspecified atom stereocenters. The summed E-state index contributed by atoms with van der Waals surface area (Å²) in [6.45, 7) is 1.99. The summed E-state index contributed by atoms with van der Waals surface area (Å²) in [7, 11) is 0. The first-order valence-corrected chi connectivity index (χ1v) is 16.1. The van der Waals surface area contributed by atoms with Crippen LogP contribution in [0, 0.1) is 29.5 Å². The van der Waals surface area contributed by atoms with E-state index in [0.717, 1.165) is 16.1 Å². The number of aliphatic hydroxyl groups is 1. The van der Waals surface area contributed by atoms with Crippen LogP contribution in [-0.4, -0.2) is 58.4 Å². The molecule has 4 aliphatic rings. The molecule has 0 spiro atoms. The molecule has 2 aliphatic heterocycles. The normalized spacial score (nSPS) is 28.2. The molecule has 3 fully saturated rings. The Morgan fingerprint density at radius 1 is 0.936 bits per heavy atom. The van der Waals surface area contributed by atoms with Crippen LogP contribution < -0.4 is 10.2 Å². The number of nitrogens with zero attached hydrogens (tertiary/aromatic N) is 2. The number of carbonyl (C=O) groups is 4. The number of anilines is 1. The summed E-state index contributed by atoms with van der Waals surface area (Å²) in [6.07, 6.45) is 2.51. The number of halogens is 2. The van der Waals surface area contributed by atoms with Crippen molar-refractivity contribution in [2.24, 2.45) is 23.7 Å². The Kier molecular flexibility index (Phi) is 7.88. The second kappa shape index (κ2) is 11.9. The smallest absolute Gasteiger partial charge is 0.260 e. The van der Waals surface area contributed by atoms with E-state index in [-0.39, 0.29) is 38.0 Å². The van der Waals surface area contributed by atoms with Gasteiger partial charge < -0.3 is 9.84 Å². The molecule has 3 aromatic carbocycles. The predicted octanol–water partition coefficient (Wildman–Crippen LogP) is 4.86. The second-order valence-corrected chi connectivity index (χ2v) is 12.9. The summed E-state index contributed by atoms with van der Waals surface area (Å²) < 4.78 is 19.4. The van der Waals surface area contributed by atoms with Crippen LogP contribution in [0.4, 0.5) is 10.1 Å². The summed E-state index contributed by atoms with van der Waals surface area (Å²) in [6, 6.07) is 19.5. The van der Waals surface area contributed by atoms with E-state index in [1.807, 2.05) is 18.2 Å². The average Bonchev–Trinajstić information content (AvgIpc) is 3.45. The lowest BCUT2D eigenvalue weighted by Crippen LogP contribution is -2.53. The fraction of sp³-hybridized carbons (Fsp3) is 0.333. The largest absolute Gasteiger partial charge is 0.491 e. The van der Waals surface area contributed by atoms with Crippen molar-refractivity contribution < 1.29 is 33.4 Å². The lowest BCUT2D eigenvalue weighted by Gasteiger charge is -2.50. The fourth-order valence-electron chi connectivity index (χ4n) is 8.33. The first kappa shape index (κ1) is 31.1. The number of aliphatic hydroxyl groups excluding tert-OH is 1. The third-order valence-electron chi connectivity index (χ3n) is 10.2. The monoisotopic (exact) mass is 657 g/mol. The minimum atomic E-state index is -1.45. The number of nitrogens with one attached hydrogen (secondary N) is 1. The summed E-state index contributed by atoms with van der Waals surface area (Å²) in [5.41, 5.74) is 4.00. The molecule has 11 heteroatoms. The molecule has 2 saturated heterocycles. The van der Waals surface area contributed by atoms with Crippen LogP contribution in [0.3, 0.4) is 0 Å². The first-order chi connectivity index (χ1) is 22.7. The van der Waals surface area contributed by atoms with Gasteiger partial charge in [-0.3, -0.25) is 29.5 Å². The Balaban J connectivity index is 1.43. The van der Waals surface area contributed by atoms with Gasteiger partial charge in [-0.15, -0.1) is 0 Å². The standard InChI is InChI=1S/C36H33ClFN3O6/c1-2-40-32(43)27-16-15-26-28(30(27)34(40)45)19-29-33(44)41(39-24-11-9-23(38)10-12-24)35(46)36(29,21-5-7-22(37)8-6-21)31(26)20-3-13-25(14-4-20)47-18-17-42/h3-15,27-31,39,42H,2,16-19H2,1H3. The molecule has 9 nitrogen and oxygen atoms in total. The molecule has 0 aromatic heterocycles. The van der Waals surface area contributed by atoms with E-state index in [0.29, 0.717) is 28.4 Å². The molecule has 2 aliphatic carbocycles. The maximum absolute atomic E-state index is 15.1. The number of ether oxygens (including phenoxy) is 1. The highest BCUT2D eigenvalue weighted by Crippen LogP contribution is 2.64. The van der Waals surface area contributed by atoms with Crippen molar-refractivity contribution in [3.63, 3.8) is 0 Å². The Morgan fingerprint density at radius 3 is 2.30 bits per heavy atom. The zero-order valence-corrected chi connectivity index (χ0v) is 26.3. The minimum absolute atomic E-state index is 0.108. The predicted molar refractivity (Wildman–Crippen MR) is 170 cm³/mol. The minimum Gasteiger partial charge on any atom is -0.491 e. The molecule has 3 aromatic rings. The summed E-state index contributed by atoms with van der Waals surface area (Å²) in [5, 5.41) is 10.7. The van der Waals surface area contributed by atoms with Crippen LogP contribution in [0.25, 0.3) is 0 Å². The van der Waals surface area contributed by atoms with E-state index in [1.165, 1.54) is 29.2 Å². The van der Waals surface area contributed by atoms with Crippen LogP contribution in [0.2, 0.25) is 5.02 Å². The van der Waals surface area contributed by atoms with Gasteiger partial charge in [0.15, 0.2) is 0 Å². The molecule has 4 amide bonds. The quantitative estimate of drug-likeness (QED) is 0.263. The van der Waals surface area contributed by atoms with Crippen molar-refractivity contribution in [1.29, 1.82) is 0 Å². The number of allylic oxidation sites excluding steroid dienone is 2. The number of carbonyl (C=O) groups excluding carboxylic acids is 4. The van der Waals surface area contributed by atoms with Crippen LogP contribution >= 0.6 is 11.6 Å². The lowest BCUT2D eigenvalue weighted by atomic mass is 9.49. The number of hydrogen-bond donors (Lipinski definition) is 2. The van der Waals surface area contributed by atoms with Gasteiger partial charge in [-0.05, 0) is 85.3 Å². The van der Waals surface area contributed by atoms with Gasteiger partial charge in [0.1, 0.15) is 18.2 Å². The van der Waals surface area contributed by atoms with Gasteiger partial charge in [0.25, 0.3) is 11.8 Å². The number of imide groups is 2. The van der Waals surface area contributed by atoms with E-state index >= 15 is 4.79 Å². The SMILES string of the molecule is CCN1C(=O)C2CC=C3C(CC4C(=O)N(Nc5ccc(F)cc5)C(=O)C4(c4ccc(Cl)cc4)C3c3ccc(OCCO)cc3)C2C1=O. The maximum Gasteiger partial charge on any atom is 0.260 e. The van der Waals surface area contributed by atoms with E-state index in [9.17, 15) is 23.9 Å². The van der Waals surface area contributed by atoms with Gasteiger partial charge in [-0.1, -0.05) is 47.5 Å². The van der Waals surface area contributed by atoms with Gasteiger partial charge in [-0.25, -0.2) is 4.39 Å². The zero-order valence-electron chi connectivity index (χ0n) is 25.6. The highest BCUT2D eigenvalue weighted by Gasteiger charge is 2.70. The molecule has 2 heterocycles. The number of amides is 4. The fourth-order valence-corrected chi connectivity index (χ4v) is 8.45. The summed E-state index contributed by atoms with van der Waals surface area (Å²) in [5.74, 6) is -4.63. The molecule has 7 rings (SSSR count). The third kappa shape index (κ3) is 4.76. The Hall–Kier alpha value is -4.54. The molecular formula is C36H33ClFN3O6. The maximum atomic E-state index is 15.1. The van der Waals surface area contributed by atoms with Crippen molar-refractivity contribution in [1.82, 2.24) is 9.91 Å². The van der Waals surface area contributed by atoms with E-state index < -0.39 is 52.6 Å². The van der Waals surface area contributed by atoms with E-state index in [1.54, 1.807) is 43.3 Å². The molecular weight excluding hydrogens is 625 g/mol. The topological polar surface area (TPSA) is 116 Å². The number of likely N-dealkylation sites (tertiary alicyclic amines) is 1. The molecule has 0 bridgehead atoms. The van der Waals surface area contributed by atoms with Gasteiger partial charge in [0.2, 0.25) is 11.8 Å². The second-order valence-electron chi connectivity index (χ2n) is 12.4. The lowest BCUT2D eigenvalue weighted by molar-refractivity contribution is -0.141. The third-order valence-corrected chi connectivity index (χ3v) is 10.5. The van der Waals surface area contributed by atoms with Crippen LogP contribution in [-0.2, 0) is 24.6 Å². The number of hydrazine groups is 1. The van der Waals surface area contributed by atoms with Gasteiger partial charge in [-0.2, -0.15) is 5.01 Å². The van der Waals surface area contributed by atoms with Crippen molar-refractivity contribution in [3.8, 4) is 5.75 Å². The van der Waals surface area contributed by atoms with Gasteiger partial charge in [0.05, 0.1) is 35.5 Å². The highest BCUT2D eigenvalue weighted by molar-refractivity contribution is 6.30. The molecule has 6 atom stereocenters. The summed E-state index contributed by atoms with van der Waals surface area (Å²) >= 11 is 6.32. The molecule has 2 N–H and O–H groups in total. The van der Waals surface area contributed by atoms with Crippen molar-refractivity contribution in [3.05, 3.63) is 106 Å². The van der Waals surface area contributed by atoms with Gasteiger partial charge in [0, 0.05) is 17.5 Å². The van der Waals surface area contributed by atoms with E-state index in [2.05, 4.69) is 5.43 Å². The van der Waals surface area contributed by atoms with Crippen molar-refractivity contribution in [2.75, 3.05) is 25.2 Å². The first-order valence-electron chi connectivity index (χ1n) is 15.8. The Morgan fingerprint density at radius 2 is 1.64 bits per heavy atom. The number of fused-ring (bicyclic) bond motifs is 4. The van der Waals surface area contributed by atoms with Crippen molar-refractivity contribution >= 4 is 40.9 Å². The van der Waals surface area contributed by atoms with E-state index in [4.69, 9.17) is 16.3 Å².